The average molecular weight is 244 g/mol. The Morgan fingerprint density at radius 1 is 1.24 bits per heavy atom. The molecule has 0 saturated heterocycles. The van der Waals surface area contributed by atoms with Gasteiger partial charge in [0.05, 0.1) is 0 Å². The number of benzene rings is 1. The number of aryl methyl sites for hydroxylation is 1. The first-order valence-electron chi connectivity index (χ1n) is 5.93. The predicted octanol–water partition coefficient (Wildman–Crippen LogP) is 4.13. The van der Waals surface area contributed by atoms with Crippen molar-refractivity contribution in [2.75, 3.05) is 0 Å². The summed E-state index contributed by atoms with van der Waals surface area (Å²) in [7, 11) is 0. The molecule has 0 N–H and O–H groups in total. The maximum Gasteiger partial charge on any atom is 0.167 e. The fourth-order valence-electron chi connectivity index (χ4n) is 1.87. The molecule has 0 atom stereocenters. The zero-order chi connectivity index (χ0) is 12.1. The minimum atomic E-state index is 0.210. The molecule has 88 valence electrons. The van der Waals surface area contributed by atoms with E-state index in [4.69, 9.17) is 0 Å². The van der Waals surface area contributed by atoms with Crippen LogP contribution in [0.2, 0.25) is 0 Å². The molecule has 0 aliphatic heterocycles. The largest absolute Gasteiger partial charge is 0.294 e. The molecule has 0 fully saturated rings. The van der Waals surface area contributed by atoms with Crippen LogP contribution < -0.4 is 0 Å². The molecule has 17 heavy (non-hydrogen) atoms. The van der Waals surface area contributed by atoms with Gasteiger partial charge in [-0.15, -0.1) is 0 Å². The van der Waals surface area contributed by atoms with Gasteiger partial charge in [-0.3, -0.25) is 4.79 Å². The van der Waals surface area contributed by atoms with Crippen molar-refractivity contribution in [2.24, 2.45) is 0 Å². The highest BCUT2D eigenvalue weighted by Gasteiger charge is 2.07. The van der Waals surface area contributed by atoms with Crippen molar-refractivity contribution in [2.45, 2.75) is 26.2 Å². The fourth-order valence-corrected chi connectivity index (χ4v) is 2.54. The Balaban J connectivity index is 2.11. The Labute approximate surface area is 106 Å². The summed E-state index contributed by atoms with van der Waals surface area (Å²) < 4.78 is 0. The SMILES string of the molecule is CCCc1cccc(C(=O)Cc2ccsc2)c1. The first kappa shape index (κ1) is 12.1. The molecular weight excluding hydrogens is 228 g/mol. The fraction of sp³-hybridized carbons (Fsp3) is 0.267. The van der Waals surface area contributed by atoms with Gasteiger partial charge < -0.3 is 0 Å². The van der Waals surface area contributed by atoms with Gasteiger partial charge in [0.15, 0.2) is 5.78 Å². The average Bonchev–Trinajstić information content (AvgIpc) is 2.83. The van der Waals surface area contributed by atoms with Gasteiger partial charge in [-0.25, -0.2) is 0 Å². The van der Waals surface area contributed by atoms with Crippen LogP contribution in [-0.2, 0) is 12.8 Å². The van der Waals surface area contributed by atoms with E-state index in [1.165, 1.54) is 5.56 Å². The second-order valence-electron chi connectivity index (χ2n) is 4.18. The molecule has 2 aromatic rings. The quantitative estimate of drug-likeness (QED) is 0.723. The van der Waals surface area contributed by atoms with E-state index in [0.29, 0.717) is 6.42 Å². The van der Waals surface area contributed by atoms with Crippen LogP contribution in [0.15, 0.2) is 41.1 Å². The van der Waals surface area contributed by atoms with Gasteiger partial charge in [-0.1, -0.05) is 31.5 Å². The Kier molecular flexibility index (Phi) is 4.10. The molecule has 0 unspecified atom stereocenters. The first-order chi connectivity index (χ1) is 8.29. The van der Waals surface area contributed by atoms with E-state index in [2.05, 4.69) is 13.0 Å². The van der Waals surface area contributed by atoms with Crippen LogP contribution in [0.1, 0.15) is 34.8 Å². The van der Waals surface area contributed by atoms with Crippen molar-refractivity contribution in [3.05, 3.63) is 57.8 Å². The molecule has 1 aromatic carbocycles. The van der Waals surface area contributed by atoms with Gasteiger partial charge in [0.1, 0.15) is 0 Å². The highest BCUT2D eigenvalue weighted by atomic mass is 32.1. The van der Waals surface area contributed by atoms with Crippen LogP contribution in [0.3, 0.4) is 0 Å². The molecule has 0 aliphatic carbocycles. The molecule has 1 aromatic heterocycles. The maximum absolute atomic E-state index is 12.1. The number of hydrogen-bond acceptors (Lipinski definition) is 2. The van der Waals surface area contributed by atoms with Crippen LogP contribution in [0.4, 0.5) is 0 Å². The minimum Gasteiger partial charge on any atom is -0.294 e. The van der Waals surface area contributed by atoms with E-state index in [1.807, 2.05) is 35.0 Å². The third kappa shape index (κ3) is 3.27. The normalized spacial score (nSPS) is 10.4. The van der Waals surface area contributed by atoms with Gasteiger partial charge in [0.25, 0.3) is 0 Å². The standard InChI is InChI=1S/C15H16OS/c1-2-4-12-5-3-6-14(9-12)15(16)10-13-7-8-17-11-13/h3,5-9,11H,2,4,10H2,1H3. The van der Waals surface area contributed by atoms with Gasteiger partial charge in [0.2, 0.25) is 0 Å². The predicted molar refractivity (Wildman–Crippen MR) is 72.8 cm³/mol. The number of carbonyl (C=O) groups excluding carboxylic acids is 1. The molecule has 2 heteroatoms. The van der Waals surface area contributed by atoms with Crippen LogP contribution in [-0.4, -0.2) is 5.78 Å². The Morgan fingerprint density at radius 3 is 2.82 bits per heavy atom. The van der Waals surface area contributed by atoms with E-state index in [1.54, 1.807) is 11.3 Å². The third-order valence-corrected chi connectivity index (χ3v) is 3.46. The summed E-state index contributed by atoms with van der Waals surface area (Å²) in [6.07, 6.45) is 2.67. The van der Waals surface area contributed by atoms with E-state index in [-0.39, 0.29) is 5.78 Å². The zero-order valence-electron chi connectivity index (χ0n) is 9.98. The van der Waals surface area contributed by atoms with Crippen LogP contribution in [0.5, 0.6) is 0 Å². The number of Topliss-reactive ketones (excluding diaryl/α,β-unsaturated/α-hetero) is 1. The first-order valence-corrected chi connectivity index (χ1v) is 6.87. The molecule has 1 nitrogen and oxygen atoms in total. The van der Waals surface area contributed by atoms with Crippen LogP contribution >= 0.6 is 11.3 Å². The summed E-state index contributed by atoms with van der Waals surface area (Å²) in [5.41, 5.74) is 3.20. The summed E-state index contributed by atoms with van der Waals surface area (Å²) in [6, 6.07) is 10.0. The van der Waals surface area contributed by atoms with E-state index < -0.39 is 0 Å². The lowest BCUT2D eigenvalue weighted by Gasteiger charge is -2.03. The summed E-state index contributed by atoms with van der Waals surface area (Å²) >= 11 is 1.64. The zero-order valence-corrected chi connectivity index (χ0v) is 10.8. The lowest BCUT2D eigenvalue weighted by molar-refractivity contribution is 0.0993. The third-order valence-electron chi connectivity index (χ3n) is 2.73. The minimum absolute atomic E-state index is 0.210. The van der Waals surface area contributed by atoms with Crippen molar-refractivity contribution in [1.82, 2.24) is 0 Å². The molecule has 2 rings (SSSR count). The topological polar surface area (TPSA) is 17.1 Å². The van der Waals surface area contributed by atoms with Crippen LogP contribution in [0.25, 0.3) is 0 Å². The molecule has 0 radical (unpaired) electrons. The van der Waals surface area contributed by atoms with Gasteiger partial charge >= 0.3 is 0 Å². The van der Waals surface area contributed by atoms with Crippen molar-refractivity contribution in [1.29, 1.82) is 0 Å². The van der Waals surface area contributed by atoms with Crippen molar-refractivity contribution in [3.8, 4) is 0 Å². The second-order valence-corrected chi connectivity index (χ2v) is 4.96. The molecule has 0 amide bonds. The molecule has 0 bridgehead atoms. The van der Waals surface area contributed by atoms with Crippen molar-refractivity contribution >= 4 is 17.1 Å². The summed E-state index contributed by atoms with van der Waals surface area (Å²) in [4.78, 5) is 12.1. The second kappa shape index (κ2) is 5.78. The number of hydrogen-bond donors (Lipinski definition) is 0. The van der Waals surface area contributed by atoms with E-state index >= 15 is 0 Å². The highest BCUT2D eigenvalue weighted by Crippen LogP contribution is 2.13. The van der Waals surface area contributed by atoms with Crippen LogP contribution in [0, 0.1) is 0 Å². The lowest BCUT2D eigenvalue weighted by Crippen LogP contribution is -2.03. The van der Waals surface area contributed by atoms with E-state index in [0.717, 1.165) is 24.0 Å². The monoisotopic (exact) mass is 244 g/mol. The van der Waals surface area contributed by atoms with Gasteiger partial charge in [0, 0.05) is 12.0 Å². The molecule has 1 heterocycles. The van der Waals surface area contributed by atoms with Crippen molar-refractivity contribution in [3.63, 3.8) is 0 Å². The Morgan fingerprint density at radius 2 is 2.12 bits per heavy atom. The Hall–Kier alpha value is -1.41. The maximum atomic E-state index is 12.1. The summed E-state index contributed by atoms with van der Waals surface area (Å²) in [5, 5.41) is 4.05. The summed E-state index contributed by atoms with van der Waals surface area (Å²) in [6.45, 7) is 2.15. The highest BCUT2D eigenvalue weighted by molar-refractivity contribution is 7.08. The van der Waals surface area contributed by atoms with Gasteiger partial charge in [-0.2, -0.15) is 11.3 Å². The van der Waals surface area contributed by atoms with Crippen molar-refractivity contribution < 1.29 is 4.79 Å². The Bertz CT molecular complexity index is 485. The summed E-state index contributed by atoms with van der Waals surface area (Å²) in [5.74, 6) is 0.210. The molecule has 0 spiro atoms. The number of rotatable bonds is 5. The smallest absolute Gasteiger partial charge is 0.167 e. The lowest BCUT2D eigenvalue weighted by atomic mass is 10.0. The van der Waals surface area contributed by atoms with E-state index in [9.17, 15) is 4.79 Å². The molecule has 0 saturated carbocycles. The van der Waals surface area contributed by atoms with Gasteiger partial charge in [-0.05, 0) is 40.4 Å². The number of carbonyl (C=O) groups is 1. The number of thiophene rings is 1. The molecular formula is C15H16OS. The molecule has 0 aliphatic rings. The number of ketones is 1.